The Labute approximate surface area is 310 Å². The quantitative estimate of drug-likeness (QED) is 0.169. The van der Waals surface area contributed by atoms with Gasteiger partial charge in [-0.15, -0.1) is 11.8 Å². The molecule has 18 heteroatoms. The summed E-state index contributed by atoms with van der Waals surface area (Å²) >= 11 is 1.14. The van der Waals surface area contributed by atoms with E-state index in [4.69, 9.17) is 0 Å². The Bertz CT molecular complexity index is 1770. The third-order valence-corrected chi connectivity index (χ3v) is 10.8. The van der Waals surface area contributed by atoms with Crippen molar-refractivity contribution in [1.82, 2.24) is 41.8 Å². The normalized spacial score (nSPS) is 30.3. The third kappa shape index (κ3) is 8.93. The zero-order valence-electron chi connectivity index (χ0n) is 30.2. The average molecular weight is 757 g/mol. The Morgan fingerprint density at radius 3 is 2.11 bits per heavy atom. The molecule has 2 aromatic rings. The lowest BCUT2D eigenvalue weighted by Gasteiger charge is -2.31. The van der Waals surface area contributed by atoms with Gasteiger partial charge in [-0.25, -0.2) is 0 Å². The molecule has 1 saturated heterocycles. The van der Waals surface area contributed by atoms with Crippen molar-refractivity contribution >= 4 is 64.0 Å². The minimum absolute atomic E-state index is 0.0408. The first-order valence-electron chi connectivity index (χ1n) is 17.8. The van der Waals surface area contributed by atoms with Gasteiger partial charge in [-0.1, -0.05) is 32.0 Å². The minimum Gasteiger partial charge on any atom is -0.391 e. The van der Waals surface area contributed by atoms with E-state index in [0.717, 1.165) is 22.0 Å². The van der Waals surface area contributed by atoms with Gasteiger partial charge in [-0.3, -0.25) is 33.6 Å². The maximum atomic E-state index is 14.3. The molecule has 9 unspecified atom stereocenters. The number of amides is 7. The second-order valence-electron chi connectivity index (χ2n) is 14.3. The highest BCUT2D eigenvalue weighted by molar-refractivity contribution is 7.99. The van der Waals surface area contributed by atoms with Crippen molar-refractivity contribution in [2.24, 2.45) is 5.92 Å². The number of carbonyl (C=O) groups excluding carboxylic acids is 7. The van der Waals surface area contributed by atoms with Crippen LogP contribution in [0.5, 0.6) is 0 Å². The lowest BCUT2D eigenvalue weighted by atomic mass is 10.00. The predicted octanol–water partition coefficient (Wildman–Crippen LogP) is -1.83. The molecule has 53 heavy (non-hydrogen) atoms. The summed E-state index contributed by atoms with van der Waals surface area (Å²) in [6.45, 7) is 7.71. The molecule has 1 aromatic carbocycles. The van der Waals surface area contributed by atoms with Crippen LogP contribution in [-0.2, 0) is 40.0 Å². The van der Waals surface area contributed by atoms with Crippen LogP contribution in [0.2, 0.25) is 0 Å². The van der Waals surface area contributed by atoms with Gasteiger partial charge in [-0.05, 0) is 51.2 Å². The minimum atomic E-state index is -1.56. The van der Waals surface area contributed by atoms with Crippen molar-refractivity contribution < 1.29 is 43.8 Å². The number of aliphatic hydroxyl groups excluding tert-OH is 2. The number of fused-ring (bicyclic) bond motifs is 5. The molecule has 5 rings (SSSR count). The Morgan fingerprint density at radius 1 is 0.792 bits per heavy atom. The molecular formula is C35H48N8O9S. The predicted molar refractivity (Wildman–Crippen MR) is 193 cm³/mol. The van der Waals surface area contributed by atoms with Crippen LogP contribution in [0.4, 0.5) is 0 Å². The fourth-order valence-corrected chi connectivity index (χ4v) is 7.87. The molecule has 1 aromatic heterocycles. The Morgan fingerprint density at radius 2 is 1.43 bits per heavy atom. The Hall–Kier alpha value is -4.68. The van der Waals surface area contributed by atoms with Crippen LogP contribution >= 0.6 is 11.8 Å². The first kappa shape index (κ1) is 39.5. The van der Waals surface area contributed by atoms with Gasteiger partial charge in [0.2, 0.25) is 41.4 Å². The number of hydrogen-bond donors (Lipinski definition) is 9. The van der Waals surface area contributed by atoms with Crippen LogP contribution < -0.4 is 31.9 Å². The standard InChI is InChI=1S/C35H48N8O9S/c1-15(2)12-22-30(48)36-17(4)29(47)42-26(18(5)44)32(50)40-24-14-53-34-20(19-8-6-7-9-21(19)41-34)13-23(31(49)39-22)38-28(46)16(3)37-33(51)27-25(45)10-11-43(27)35(24)52/h6-9,15-18,22-27,41,44-45H,10-14H2,1-5H3,(H,36,48)(H,37,51)(H,38,46)(H,39,49)(H,40,50)(H,42,47). The van der Waals surface area contributed by atoms with Gasteiger partial charge in [0, 0.05) is 29.6 Å². The van der Waals surface area contributed by atoms with Crippen molar-refractivity contribution in [1.29, 1.82) is 0 Å². The summed E-state index contributed by atoms with van der Waals surface area (Å²) in [5.41, 5.74) is 1.30. The van der Waals surface area contributed by atoms with E-state index in [-0.39, 0.29) is 37.5 Å². The number of rotatable bonds is 3. The monoisotopic (exact) mass is 756 g/mol. The van der Waals surface area contributed by atoms with Gasteiger partial charge < -0.3 is 52.0 Å². The summed E-state index contributed by atoms with van der Waals surface area (Å²) in [6.07, 6.45) is -2.60. The Kier molecular flexibility index (Phi) is 12.3. The van der Waals surface area contributed by atoms with Gasteiger partial charge in [-0.2, -0.15) is 0 Å². The number of hydrogen-bond acceptors (Lipinski definition) is 10. The zero-order chi connectivity index (χ0) is 38.7. The smallest absolute Gasteiger partial charge is 0.246 e. The molecule has 0 aliphatic carbocycles. The number of H-pyrrole nitrogens is 1. The number of aliphatic hydroxyl groups is 2. The van der Waals surface area contributed by atoms with E-state index in [9.17, 15) is 43.8 Å². The van der Waals surface area contributed by atoms with Crippen LogP contribution in [-0.4, -0.2) is 128 Å². The molecule has 9 N–H and O–H groups in total. The highest BCUT2D eigenvalue weighted by Crippen LogP contribution is 2.32. The maximum absolute atomic E-state index is 14.3. The highest BCUT2D eigenvalue weighted by Gasteiger charge is 2.45. The molecule has 1 fully saturated rings. The van der Waals surface area contributed by atoms with Gasteiger partial charge in [0.25, 0.3) is 0 Å². The molecule has 2 bridgehead atoms. The summed E-state index contributed by atoms with van der Waals surface area (Å²) in [5, 5.41) is 38.5. The molecule has 0 spiro atoms. The fourth-order valence-electron chi connectivity index (χ4n) is 6.76. The van der Waals surface area contributed by atoms with Gasteiger partial charge >= 0.3 is 0 Å². The summed E-state index contributed by atoms with van der Waals surface area (Å²) in [4.78, 5) is 101. The molecule has 9 atom stereocenters. The van der Waals surface area contributed by atoms with Crippen LogP contribution in [0.1, 0.15) is 53.0 Å². The molecule has 3 aliphatic heterocycles. The zero-order valence-corrected chi connectivity index (χ0v) is 31.0. The van der Waals surface area contributed by atoms with Crippen LogP contribution in [0.15, 0.2) is 29.3 Å². The van der Waals surface area contributed by atoms with Crippen LogP contribution in [0.3, 0.4) is 0 Å². The maximum Gasteiger partial charge on any atom is 0.246 e. The van der Waals surface area contributed by atoms with Crippen LogP contribution in [0.25, 0.3) is 10.9 Å². The second-order valence-corrected chi connectivity index (χ2v) is 15.4. The van der Waals surface area contributed by atoms with Crippen LogP contribution in [0, 0.1) is 5.92 Å². The molecule has 4 heterocycles. The largest absolute Gasteiger partial charge is 0.391 e. The Balaban J connectivity index is 1.68. The molecule has 17 nitrogen and oxygen atoms in total. The number of benzene rings is 1. The highest BCUT2D eigenvalue weighted by atomic mass is 32.2. The second kappa shape index (κ2) is 16.6. The van der Waals surface area contributed by atoms with E-state index in [1.54, 1.807) is 6.07 Å². The van der Waals surface area contributed by atoms with E-state index in [1.807, 2.05) is 32.0 Å². The van der Waals surface area contributed by atoms with Gasteiger partial charge in [0.05, 0.1) is 17.2 Å². The van der Waals surface area contributed by atoms with E-state index < -0.39 is 95.9 Å². The number of nitrogens with one attached hydrogen (secondary N) is 7. The first-order chi connectivity index (χ1) is 25.0. The number of nitrogens with zero attached hydrogens (tertiary/aromatic N) is 1. The number of thioether (sulfide) groups is 1. The SMILES string of the molecule is CC(C)CC1NC(=O)C2Cc3c([nH]c4ccccc34)SCC(NC(=O)C(C(C)O)NC(=O)C(C)NC1=O)C(=O)N1CCC(O)C1C(=O)NC(C)C(=O)N2. The molecule has 288 valence electrons. The van der Waals surface area contributed by atoms with Crippen molar-refractivity contribution in [2.75, 3.05) is 12.3 Å². The lowest BCUT2D eigenvalue weighted by molar-refractivity contribution is -0.144. The summed E-state index contributed by atoms with van der Waals surface area (Å²) in [6, 6.07) is -1.92. The molecule has 7 amide bonds. The lowest BCUT2D eigenvalue weighted by Crippen LogP contribution is -2.62. The van der Waals surface area contributed by atoms with Crippen molar-refractivity contribution in [2.45, 2.75) is 113 Å². The van der Waals surface area contributed by atoms with E-state index in [1.165, 1.54) is 20.8 Å². The van der Waals surface area contributed by atoms with Crippen molar-refractivity contribution in [3.8, 4) is 0 Å². The molecule has 0 radical (unpaired) electrons. The van der Waals surface area contributed by atoms with Gasteiger partial charge in [0.1, 0.15) is 42.3 Å². The average Bonchev–Trinajstić information content (AvgIpc) is 3.66. The van der Waals surface area contributed by atoms with E-state index in [0.29, 0.717) is 16.1 Å². The summed E-state index contributed by atoms with van der Waals surface area (Å²) < 4.78 is 0. The first-order valence-corrected chi connectivity index (χ1v) is 18.8. The number of aromatic nitrogens is 1. The number of carbonyl (C=O) groups is 7. The number of aromatic amines is 1. The fraction of sp³-hybridized carbons (Fsp3) is 0.571. The van der Waals surface area contributed by atoms with Crippen molar-refractivity contribution in [3.05, 3.63) is 29.8 Å². The topological polar surface area (TPSA) is 251 Å². The molecule has 0 saturated carbocycles. The third-order valence-electron chi connectivity index (χ3n) is 9.65. The molecule has 3 aliphatic rings. The van der Waals surface area contributed by atoms with E-state index >= 15 is 0 Å². The van der Waals surface area contributed by atoms with Gasteiger partial charge in [0.15, 0.2) is 0 Å². The number of para-hydroxylation sites is 1. The molecular weight excluding hydrogens is 708 g/mol. The summed E-state index contributed by atoms with van der Waals surface area (Å²) in [5.74, 6) is -5.60. The summed E-state index contributed by atoms with van der Waals surface area (Å²) in [7, 11) is 0. The van der Waals surface area contributed by atoms with Crippen molar-refractivity contribution in [3.63, 3.8) is 0 Å². The van der Waals surface area contributed by atoms with E-state index in [2.05, 4.69) is 36.9 Å².